The Kier molecular flexibility index (Phi) is 4.59. The molecule has 0 fully saturated rings. The van der Waals surface area contributed by atoms with Gasteiger partial charge < -0.3 is 4.43 Å². The van der Waals surface area contributed by atoms with Gasteiger partial charge in [-0.05, 0) is 24.2 Å². The molecule has 0 heterocycles. The van der Waals surface area contributed by atoms with Crippen LogP contribution in [0.5, 0.6) is 5.75 Å². The number of hydrogen-bond acceptors (Lipinski definition) is 1. The van der Waals surface area contributed by atoms with E-state index in [9.17, 15) is 8.78 Å². The Morgan fingerprint density at radius 1 is 1.22 bits per heavy atom. The van der Waals surface area contributed by atoms with Crippen LogP contribution in [0.2, 0.25) is 18.1 Å². The molecule has 0 aliphatic heterocycles. The summed E-state index contributed by atoms with van der Waals surface area (Å²) in [6.07, 6.45) is 0. The van der Waals surface area contributed by atoms with Crippen molar-refractivity contribution in [2.24, 2.45) is 0 Å². The first-order chi connectivity index (χ1) is 8.08. The highest BCUT2D eigenvalue weighted by molar-refractivity contribution is 9.08. The van der Waals surface area contributed by atoms with E-state index in [-0.39, 0.29) is 21.7 Å². The van der Waals surface area contributed by atoms with Crippen LogP contribution in [-0.2, 0) is 5.33 Å². The molecule has 1 rings (SSSR count). The molecule has 0 amide bonds. The van der Waals surface area contributed by atoms with Gasteiger partial charge in [-0.25, -0.2) is 8.78 Å². The van der Waals surface area contributed by atoms with Crippen LogP contribution in [0.15, 0.2) is 12.1 Å². The molecule has 0 unspecified atom stereocenters. The molecule has 18 heavy (non-hydrogen) atoms. The SMILES string of the molecule is CC(C)(C)[Si](C)(C)Oc1cc(F)cc(CBr)c1F. The van der Waals surface area contributed by atoms with Crippen molar-refractivity contribution in [3.8, 4) is 5.75 Å². The van der Waals surface area contributed by atoms with Crippen molar-refractivity contribution in [1.82, 2.24) is 0 Å². The lowest BCUT2D eigenvalue weighted by molar-refractivity contribution is 0.449. The molecule has 0 saturated heterocycles. The van der Waals surface area contributed by atoms with Crippen molar-refractivity contribution >= 4 is 24.2 Å². The van der Waals surface area contributed by atoms with Gasteiger partial charge in [-0.15, -0.1) is 0 Å². The van der Waals surface area contributed by atoms with Crippen molar-refractivity contribution in [3.63, 3.8) is 0 Å². The van der Waals surface area contributed by atoms with E-state index in [2.05, 4.69) is 36.7 Å². The van der Waals surface area contributed by atoms with E-state index in [1.165, 1.54) is 6.07 Å². The minimum Gasteiger partial charge on any atom is -0.541 e. The molecule has 0 saturated carbocycles. The summed E-state index contributed by atoms with van der Waals surface area (Å²) in [4.78, 5) is 0. The average Bonchev–Trinajstić information content (AvgIpc) is 2.20. The quantitative estimate of drug-likeness (QED) is 0.541. The van der Waals surface area contributed by atoms with Gasteiger partial charge in [0.25, 0.3) is 8.32 Å². The molecule has 0 aliphatic rings. The highest BCUT2D eigenvalue weighted by Crippen LogP contribution is 2.38. The Morgan fingerprint density at radius 3 is 2.22 bits per heavy atom. The van der Waals surface area contributed by atoms with E-state index in [0.717, 1.165) is 6.07 Å². The highest BCUT2D eigenvalue weighted by atomic mass is 79.9. The zero-order chi connectivity index (χ0) is 14.1. The zero-order valence-electron chi connectivity index (χ0n) is 11.4. The van der Waals surface area contributed by atoms with E-state index in [0.29, 0.717) is 0 Å². The second-order valence-corrected chi connectivity index (χ2v) is 11.2. The first-order valence-corrected chi connectivity index (χ1v) is 9.84. The fourth-order valence-corrected chi connectivity index (χ4v) is 2.63. The van der Waals surface area contributed by atoms with Gasteiger partial charge in [-0.2, -0.15) is 0 Å². The van der Waals surface area contributed by atoms with Gasteiger partial charge in [0.15, 0.2) is 5.82 Å². The maximum Gasteiger partial charge on any atom is 0.250 e. The van der Waals surface area contributed by atoms with Crippen LogP contribution in [0.4, 0.5) is 8.78 Å². The number of benzene rings is 1. The second-order valence-electron chi connectivity index (χ2n) is 5.87. The Bertz CT molecular complexity index is 441. The second kappa shape index (κ2) is 5.29. The van der Waals surface area contributed by atoms with Gasteiger partial charge in [0.2, 0.25) is 0 Å². The summed E-state index contributed by atoms with van der Waals surface area (Å²) in [5.74, 6) is -0.922. The first kappa shape index (κ1) is 15.6. The molecule has 0 N–H and O–H groups in total. The smallest absolute Gasteiger partial charge is 0.250 e. The predicted molar refractivity (Wildman–Crippen MR) is 76.8 cm³/mol. The third-order valence-electron chi connectivity index (χ3n) is 3.39. The van der Waals surface area contributed by atoms with Gasteiger partial charge in [-0.3, -0.25) is 0 Å². The normalized spacial score (nSPS) is 12.7. The number of halogens is 3. The lowest BCUT2D eigenvalue weighted by atomic mass is 10.2. The monoisotopic (exact) mass is 336 g/mol. The highest BCUT2D eigenvalue weighted by Gasteiger charge is 2.39. The topological polar surface area (TPSA) is 9.23 Å². The Morgan fingerprint density at radius 2 is 1.78 bits per heavy atom. The standard InChI is InChI=1S/C13H19BrF2OSi/c1-13(2,3)18(4,5)17-11-7-10(15)6-9(8-14)12(11)16/h6-7H,8H2,1-5H3. The lowest BCUT2D eigenvalue weighted by Crippen LogP contribution is -2.44. The maximum absolute atomic E-state index is 14.1. The summed E-state index contributed by atoms with van der Waals surface area (Å²) >= 11 is 3.14. The summed E-state index contributed by atoms with van der Waals surface area (Å²) in [5, 5.41) is 0.213. The lowest BCUT2D eigenvalue weighted by Gasteiger charge is -2.36. The molecule has 0 radical (unpaired) electrons. The minimum atomic E-state index is -2.16. The molecule has 0 spiro atoms. The molecule has 0 aromatic heterocycles. The molecule has 5 heteroatoms. The Balaban J connectivity index is 3.16. The Hall–Kier alpha value is -0.423. The van der Waals surface area contributed by atoms with Crippen molar-refractivity contribution in [1.29, 1.82) is 0 Å². The molecule has 1 nitrogen and oxygen atoms in total. The van der Waals surface area contributed by atoms with Gasteiger partial charge in [-0.1, -0.05) is 36.7 Å². The van der Waals surface area contributed by atoms with E-state index < -0.39 is 20.0 Å². The van der Waals surface area contributed by atoms with Crippen molar-refractivity contribution in [2.75, 3.05) is 0 Å². The fraction of sp³-hybridized carbons (Fsp3) is 0.538. The fourth-order valence-electron chi connectivity index (χ4n) is 1.22. The minimum absolute atomic E-state index is 0.0241. The van der Waals surface area contributed by atoms with Crippen molar-refractivity contribution < 1.29 is 13.2 Å². The van der Waals surface area contributed by atoms with E-state index >= 15 is 0 Å². The predicted octanol–water partition coefficient (Wildman–Crippen LogP) is 5.24. The zero-order valence-corrected chi connectivity index (χ0v) is 14.0. The molecule has 1 aromatic rings. The molecular weight excluding hydrogens is 318 g/mol. The summed E-state index contributed by atoms with van der Waals surface area (Å²) < 4.78 is 33.3. The molecule has 0 atom stereocenters. The Labute approximate surface area is 117 Å². The van der Waals surface area contributed by atoms with Crippen LogP contribution in [-0.4, -0.2) is 8.32 Å². The number of hydrogen-bond donors (Lipinski definition) is 0. The summed E-state index contributed by atoms with van der Waals surface area (Å²) in [7, 11) is -2.16. The van der Waals surface area contributed by atoms with Crippen molar-refractivity contribution in [3.05, 3.63) is 29.3 Å². The molecule has 0 bridgehead atoms. The average molecular weight is 337 g/mol. The van der Waals surface area contributed by atoms with Crippen LogP contribution in [0.1, 0.15) is 26.3 Å². The summed E-state index contributed by atoms with van der Waals surface area (Å²) in [5.41, 5.74) is 0.281. The van der Waals surface area contributed by atoms with Crippen LogP contribution in [0, 0.1) is 11.6 Å². The molecule has 0 aliphatic carbocycles. The molecule has 1 aromatic carbocycles. The third-order valence-corrected chi connectivity index (χ3v) is 8.34. The summed E-state index contributed by atoms with van der Waals surface area (Å²) in [6.45, 7) is 10.2. The van der Waals surface area contributed by atoms with E-state index in [1.807, 2.05) is 13.1 Å². The van der Waals surface area contributed by atoms with Crippen LogP contribution >= 0.6 is 15.9 Å². The van der Waals surface area contributed by atoms with Gasteiger partial charge in [0, 0.05) is 17.0 Å². The van der Waals surface area contributed by atoms with E-state index in [1.54, 1.807) is 0 Å². The van der Waals surface area contributed by atoms with Crippen molar-refractivity contribution in [2.45, 2.75) is 44.2 Å². The van der Waals surface area contributed by atoms with Crippen LogP contribution in [0.25, 0.3) is 0 Å². The van der Waals surface area contributed by atoms with E-state index in [4.69, 9.17) is 4.43 Å². The van der Waals surface area contributed by atoms with Gasteiger partial charge in [0.1, 0.15) is 11.6 Å². The van der Waals surface area contributed by atoms with Gasteiger partial charge >= 0.3 is 0 Å². The van der Waals surface area contributed by atoms with Crippen LogP contribution in [0.3, 0.4) is 0 Å². The van der Waals surface area contributed by atoms with Crippen LogP contribution < -0.4 is 4.43 Å². The maximum atomic E-state index is 14.1. The number of rotatable bonds is 3. The summed E-state index contributed by atoms with van der Waals surface area (Å²) in [6, 6.07) is 2.31. The largest absolute Gasteiger partial charge is 0.541 e. The number of alkyl halides is 1. The van der Waals surface area contributed by atoms with Gasteiger partial charge in [0.05, 0.1) is 0 Å². The third kappa shape index (κ3) is 3.32. The molecule has 102 valence electrons. The molecular formula is C13H19BrF2OSi. The first-order valence-electron chi connectivity index (χ1n) is 5.81.